The van der Waals surface area contributed by atoms with Gasteiger partial charge in [0.05, 0.1) is 23.0 Å². The molecule has 2 unspecified atom stereocenters. The molecule has 140 valence electrons. The molecule has 2 atom stereocenters. The third kappa shape index (κ3) is 2.81. The van der Waals surface area contributed by atoms with Crippen molar-refractivity contribution in [3.05, 3.63) is 35.4 Å². The van der Waals surface area contributed by atoms with Crippen molar-refractivity contribution in [1.29, 1.82) is 0 Å². The molecule has 1 aromatic rings. The van der Waals surface area contributed by atoms with Crippen LogP contribution in [0.15, 0.2) is 24.3 Å². The van der Waals surface area contributed by atoms with E-state index in [9.17, 15) is 24.0 Å². The fraction of sp³-hybridized carbons (Fsp3) is 0.421. The van der Waals surface area contributed by atoms with E-state index >= 15 is 0 Å². The monoisotopic (exact) mass is 370 g/mol. The van der Waals surface area contributed by atoms with Gasteiger partial charge in [0, 0.05) is 0 Å². The lowest BCUT2D eigenvalue weighted by atomic mass is 9.81. The molecule has 0 aromatic heterocycles. The molecular formula is C19H18N2O6. The van der Waals surface area contributed by atoms with Crippen molar-refractivity contribution in [3.63, 3.8) is 0 Å². The summed E-state index contributed by atoms with van der Waals surface area (Å²) in [5.41, 5.74) is 0.514. The fourth-order valence-corrected chi connectivity index (χ4v) is 4.05. The minimum atomic E-state index is -0.827. The van der Waals surface area contributed by atoms with Crippen molar-refractivity contribution in [2.75, 3.05) is 13.3 Å². The maximum absolute atomic E-state index is 12.4. The lowest BCUT2D eigenvalue weighted by Gasteiger charge is -2.19. The zero-order valence-corrected chi connectivity index (χ0v) is 14.6. The maximum Gasteiger partial charge on any atom is 0.327 e. The second-order valence-corrected chi connectivity index (χ2v) is 6.99. The van der Waals surface area contributed by atoms with E-state index in [-0.39, 0.29) is 34.8 Å². The molecule has 0 N–H and O–H groups in total. The number of rotatable bonds is 4. The number of amides is 4. The van der Waals surface area contributed by atoms with E-state index in [4.69, 9.17) is 4.74 Å². The largest absolute Gasteiger partial charge is 0.442 e. The molecule has 0 spiro atoms. The highest BCUT2D eigenvalue weighted by Gasteiger charge is 2.48. The van der Waals surface area contributed by atoms with Crippen LogP contribution in [0.4, 0.5) is 0 Å². The summed E-state index contributed by atoms with van der Waals surface area (Å²) in [6.07, 6.45) is 3.13. The molecule has 1 aromatic carbocycles. The summed E-state index contributed by atoms with van der Waals surface area (Å²) in [4.78, 5) is 63.1. The summed E-state index contributed by atoms with van der Waals surface area (Å²) in [7, 11) is 0. The highest BCUT2D eigenvalue weighted by Crippen LogP contribution is 2.37. The standard InChI is InChI=1S/C19H18N2O6/c22-15(9-20-16(23)11-5-1-2-6-12(11)17(20)24)27-10-21-18(25)13-7-3-4-8-14(13)19(21)26/h3-4,7-8,11-12H,1-2,5-6,9-10H2. The highest BCUT2D eigenvalue weighted by molar-refractivity contribution is 6.21. The SMILES string of the molecule is O=C(CN1C(=O)C2CCCCC2C1=O)OCN1C(=O)c2ccccc2C1=O. The Morgan fingerprint density at radius 1 is 0.889 bits per heavy atom. The third-order valence-electron chi connectivity index (χ3n) is 5.45. The van der Waals surface area contributed by atoms with Crippen molar-refractivity contribution in [1.82, 2.24) is 9.80 Å². The second kappa shape index (κ2) is 6.61. The summed E-state index contributed by atoms with van der Waals surface area (Å²) in [6.45, 7) is -1.04. The van der Waals surface area contributed by atoms with Gasteiger partial charge < -0.3 is 4.74 Å². The van der Waals surface area contributed by atoms with Crippen LogP contribution in [-0.2, 0) is 19.1 Å². The highest BCUT2D eigenvalue weighted by atomic mass is 16.5. The lowest BCUT2D eigenvalue weighted by molar-refractivity contribution is -0.154. The van der Waals surface area contributed by atoms with Crippen LogP contribution in [0.25, 0.3) is 0 Å². The van der Waals surface area contributed by atoms with Gasteiger partial charge in [0.1, 0.15) is 6.54 Å². The number of carbonyl (C=O) groups is 5. The molecule has 0 radical (unpaired) electrons. The first-order valence-corrected chi connectivity index (χ1v) is 8.95. The average molecular weight is 370 g/mol. The van der Waals surface area contributed by atoms with E-state index in [1.807, 2.05) is 0 Å². The van der Waals surface area contributed by atoms with Gasteiger partial charge in [0.25, 0.3) is 11.8 Å². The maximum atomic E-state index is 12.4. The summed E-state index contributed by atoms with van der Waals surface area (Å²) in [5, 5.41) is 0. The number of esters is 1. The quantitative estimate of drug-likeness (QED) is 0.578. The van der Waals surface area contributed by atoms with Crippen LogP contribution in [0.3, 0.4) is 0 Å². The molecule has 1 saturated heterocycles. The van der Waals surface area contributed by atoms with Gasteiger partial charge in [-0.25, -0.2) is 4.90 Å². The van der Waals surface area contributed by atoms with Gasteiger partial charge in [-0.1, -0.05) is 25.0 Å². The minimum absolute atomic E-state index is 0.257. The van der Waals surface area contributed by atoms with Gasteiger partial charge >= 0.3 is 5.97 Å². The van der Waals surface area contributed by atoms with Gasteiger partial charge in [0.15, 0.2) is 6.73 Å². The first kappa shape index (κ1) is 17.4. The van der Waals surface area contributed by atoms with Crippen molar-refractivity contribution < 1.29 is 28.7 Å². The Hall–Kier alpha value is -3.03. The third-order valence-corrected chi connectivity index (χ3v) is 5.45. The zero-order valence-electron chi connectivity index (χ0n) is 14.6. The van der Waals surface area contributed by atoms with E-state index in [2.05, 4.69) is 0 Å². The number of ether oxygens (including phenoxy) is 1. The molecule has 8 heteroatoms. The lowest BCUT2D eigenvalue weighted by Crippen LogP contribution is -2.39. The molecule has 1 aliphatic carbocycles. The van der Waals surface area contributed by atoms with Gasteiger partial charge in [-0.15, -0.1) is 0 Å². The molecule has 8 nitrogen and oxygen atoms in total. The smallest absolute Gasteiger partial charge is 0.327 e. The van der Waals surface area contributed by atoms with E-state index in [0.29, 0.717) is 12.8 Å². The molecule has 2 fully saturated rings. The molecule has 1 saturated carbocycles. The van der Waals surface area contributed by atoms with E-state index in [0.717, 1.165) is 22.6 Å². The zero-order chi connectivity index (χ0) is 19.1. The van der Waals surface area contributed by atoms with Gasteiger partial charge in [-0.3, -0.25) is 28.9 Å². The number of nitrogens with zero attached hydrogens (tertiary/aromatic N) is 2. The first-order valence-electron chi connectivity index (χ1n) is 8.95. The Kier molecular flexibility index (Phi) is 4.25. The number of hydrogen-bond acceptors (Lipinski definition) is 6. The Morgan fingerprint density at radius 2 is 1.41 bits per heavy atom. The summed E-state index contributed by atoms with van der Waals surface area (Å²) in [5.74, 6) is -3.24. The minimum Gasteiger partial charge on any atom is -0.442 e. The van der Waals surface area contributed by atoms with E-state index < -0.39 is 31.1 Å². The van der Waals surface area contributed by atoms with Crippen LogP contribution in [-0.4, -0.2) is 52.7 Å². The van der Waals surface area contributed by atoms with Crippen LogP contribution in [0.5, 0.6) is 0 Å². The number of hydrogen-bond donors (Lipinski definition) is 0. The van der Waals surface area contributed by atoms with Crippen molar-refractivity contribution in [2.24, 2.45) is 11.8 Å². The van der Waals surface area contributed by atoms with Crippen LogP contribution in [0, 0.1) is 11.8 Å². The molecule has 3 aliphatic rings. The summed E-state index contributed by atoms with van der Waals surface area (Å²) in [6, 6.07) is 6.34. The van der Waals surface area contributed by atoms with Crippen LogP contribution < -0.4 is 0 Å². The van der Waals surface area contributed by atoms with Crippen LogP contribution in [0.1, 0.15) is 46.4 Å². The Bertz CT molecular complexity index is 805. The number of benzene rings is 1. The van der Waals surface area contributed by atoms with Gasteiger partial charge in [-0.2, -0.15) is 0 Å². The molecule has 2 heterocycles. The first-order chi connectivity index (χ1) is 13.0. The molecule has 2 aliphatic heterocycles. The van der Waals surface area contributed by atoms with Crippen molar-refractivity contribution in [3.8, 4) is 0 Å². The number of carbonyl (C=O) groups excluding carboxylic acids is 5. The predicted octanol–water partition coefficient (Wildman–Crippen LogP) is 0.958. The number of likely N-dealkylation sites (tertiary alicyclic amines) is 1. The number of imide groups is 2. The van der Waals surface area contributed by atoms with Crippen LogP contribution in [0.2, 0.25) is 0 Å². The molecule has 0 bridgehead atoms. The van der Waals surface area contributed by atoms with Gasteiger partial charge in [-0.05, 0) is 25.0 Å². The summed E-state index contributed by atoms with van der Waals surface area (Å²) < 4.78 is 5.01. The van der Waals surface area contributed by atoms with Crippen LogP contribution >= 0.6 is 0 Å². The summed E-state index contributed by atoms with van der Waals surface area (Å²) >= 11 is 0. The Balaban J connectivity index is 1.37. The van der Waals surface area contributed by atoms with Gasteiger partial charge in [0.2, 0.25) is 11.8 Å². The average Bonchev–Trinajstić information content (AvgIpc) is 3.07. The predicted molar refractivity (Wildman–Crippen MR) is 90.1 cm³/mol. The molecule has 27 heavy (non-hydrogen) atoms. The van der Waals surface area contributed by atoms with E-state index in [1.165, 1.54) is 12.1 Å². The van der Waals surface area contributed by atoms with Crippen molar-refractivity contribution >= 4 is 29.6 Å². The Labute approximate surface area is 155 Å². The fourth-order valence-electron chi connectivity index (χ4n) is 4.05. The molecular weight excluding hydrogens is 352 g/mol. The van der Waals surface area contributed by atoms with Crippen molar-refractivity contribution in [2.45, 2.75) is 25.7 Å². The number of fused-ring (bicyclic) bond motifs is 2. The van der Waals surface area contributed by atoms with E-state index in [1.54, 1.807) is 12.1 Å². The Morgan fingerprint density at radius 3 is 1.93 bits per heavy atom. The molecule has 4 amide bonds. The normalized spacial score (nSPS) is 24.3. The topological polar surface area (TPSA) is 101 Å². The second-order valence-electron chi connectivity index (χ2n) is 6.99. The molecule has 4 rings (SSSR count).